The summed E-state index contributed by atoms with van der Waals surface area (Å²) in [5.41, 5.74) is 7.36. The van der Waals surface area contributed by atoms with E-state index in [1.54, 1.807) is 0 Å². The number of allylic oxidation sites excluding steroid dienone is 2. The molecule has 0 bridgehead atoms. The van der Waals surface area contributed by atoms with E-state index < -0.39 is 5.97 Å². The van der Waals surface area contributed by atoms with E-state index in [2.05, 4.69) is 31.0 Å². The fourth-order valence-corrected chi connectivity index (χ4v) is 6.64. The van der Waals surface area contributed by atoms with Crippen molar-refractivity contribution in [1.82, 2.24) is 4.98 Å². The van der Waals surface area contributed by atoms with Crippen LogP contribution in [0.3, 0.4) is 0 Å². The van der Waals surface area contributed by atoms with Crippen LogP contribution in [0.1, 0.15) is 71.1 Å². The third kappa shape index (κ3) is 2.48. The van der Waals surface area contributed by atoms with Crippen LogP contribution in [-0.4, -0.2) is 16.1 Å². The zero-order valence-corrected chi connectivity index (χ0v) is 16.6. The van der Waals surface area contributed by atoms with E-state index in [1.807, 2.05) is 30.6 Å². The third-order valence-corrected chi connectivity index (χ3v) is 7.83. The van der Waals surface area contributed by atoms with E-state index in [0.717, 1.165) is 12.8 Å². The van der Waals surface area contributed by atoms with Gasteiger partial charge in [0.25, 0.3) is 0 Å². The van der Waals surface area contributed by atoms with Crippen molar-refractivity contribution in [2.75, 3.05) is 0 Å². The van der Waals surface area contributed by atoms with E-state index in [1.165, 1.54) is 47.1 Å². The number of carboxylic acids is 1. The Bertz CT molecular complexity index is 978. The average molecular weight is 373 g/mol. The van der Waals surface area contributed by atoms with Crippen LogP contribution in [0.2, 0.25) is 0 Å². The second-order valence-corrected chi connectivity index (χ2v) is 9.14. The Morgan fingerprint density at radius 2 is 2.14 bits per heavy atom. The van der Waals surface area contributed by atoms with Crippen LogP contribution in [0.25, 0.3) is 5.57 Å². The van der Waals surface area contributed by atoms with Crippen molar-refractivity contribution in [1.29, 1.82) is 0 Å². The summed E-state index contributed by atoms with van der Waals surface area (Å²) in [5, 5.41) is 9.43. The highest BCUT2D eigenvalue weighted by Crippen LogP contribution is 2.63. The summed E-state index contributed by atoms with van der Waals surface area (Å²) >= 11 is 0. The lowest BCUT2D eigenvalue weighted by Crippen LogP contribution is -2.41. The lowest BCUT2D eigenvalue weighted by molar-refractivity contribution is 0.0695. The van der Waals surface area contributed by atoms with E-state index in [-0.39, 0.29) is 5.41 Å². The van der Waals surface area contributed by atoms with Crippen molar-refractivity contribution in [3.8, 4) is 0 Å². The van der Waals surface area contributed by atoms with Crippen LogP contribution in [-0.2, 0) is 6.42 Å². The average Bonchev–Trinajstić information content (AvgIpc) is 3.05. The summed E-state index contributed by atoms with van der Waals surface area (Å²) in [5.74, 6) is 1.12. The molecule has 1 aromatic carbocycles. The SMILES string of the molecule is Cc1cc(C(=O)O)cc2c1[C@H]1CC[C@]3(C)C(c4cccnc4)=CC[C@H]3[C@@H]1CC2. The molecule has 3 aliphatic carbocycles. The fourth-order valence-electron chi connectivity index (χ4n) is 6.64. The van der Waals surface area contributed by atoms with Gasteiger partial charge in [-0.05, 0) is 108 Å². The number of hydrogen-bond acceptors (Lipinski definition) is 2. The molecule has 0 aliphatic heterocycles. The molecule has 144 valence electrons. The minimum Gasteiger partial charge on any atom is -0.478 e. The number of pyridine rings is 1. The Balaban J connectivity index is 1.50. The summed E-state index contributed by atoms with van der Waals surface area (Å²) in [4.78, 5) is 15.8. The van der Waals surface area contributed by atoms with Gasteiger partial charge in [0, 0.05) is 12.4 Å². The van der Waals surface area contributed by atoms with Crippen molar-refractivity contribution in [2.24, 2.45) is 17.3 Å². The van der Waals surface area contributed by atoms with Crippen LogP contribution in [0.15, 0.2) is 42.7 Å². The third-order valence-electron chi connectivity index (χ3n) is 7.83. The zero-order valence-electron chi connectivity index (χ0n) is 16.6. The second kappa shape index (κ2) is 6.30. The molecule has 3 nitrogen and oxygen atoms in total. The number of aromatic carboxylic acids is 1. The van der Waals surface area contributed by atoms with Crippen molar-refractivity contribution in [3.63, 3.8) is 0 Å². The lowest BCUT2D eigenvalue weighted by atomic mass is 9.53. The predicted octanol–water partition coefficient (Wildman–Crippen LogP) is 5.64. The molecule has 0 radical (unpaired) electrons. The molecule has 0 spiro atoms. The molecule has 0 unspecified atom stereocenters. The molecule has 1 saturated carbocycles. The van der Waals surface area contributed by atoms with Gasteiger partial charge in [-0.2, -0.15) is 0 Å². The van der Waals surface area contributed by atoms with Gasteiger partial charge in [-0.3, -0.25) is 4.98 Å². The highest BCUT2D eigenvalue weighted by Gasteiger charge is 2.52. The van der Waals surface area contributed by atoms with E-state index in [9.17, 15) is 9.90 Å². The maximum absolute atomic E-state index is 11.5. The summed E-state index contributed by atoms with van der Waals surface area (Å²) in [6.07, 6.45) is 12.1. The van der Waals surface area contributed by atoms with Crippen molar-refractivity contribution in [2.45, 2.75) is 51.9 Å². The number of carboxylic acid groups (broad SMARTS) is 1. The van der Waals surface area contributed by atoms with Gasteiger partial charge in [0.1, 0.15) is 0 Å². The summed E-state index contributed by atoms with van der Waals surface area (Å²) in [6, 6.07) is 8.05. The van der Waals surface area contributed by atoms with Gasteiger partial charge < -0.3 is 5.11 Å². The minimum absolute atomic E-state index is 0.233. The van der Waals surface area contributed by atoms with Crippen molar-refractivity contribution >= 4 is 11.5 Å². The minimum atomic E-state index is -0.814. The smallest absolute Gasteiger partial charge is 0.335 e. The molecule has 0 amide bonds. The fraction of sp³-hybridized carbons (Fsp3) is 0.440. The normalized spacial score (nSPS) is 30.8. The van der Waals surface area contributed by atoms with Gasteiger partial charge in [-0.15, -0.1) is 0 Å². The Hall–Kier alpha value is -2.42. The van der Waals surface area contributed by atoms with Gasteiger partial charge in [-0.1, -0.05) is 19.1 Å². The Morgan fingerprint density at radius 3 is 2.89 bits per heavy atom. The number of nitrogens with zero attached hydrogens (tertiary/aromatic N) is 1. The molecule has 1 aromatic heterocycles. The van der Waals surface area contributed by atoms with Gasteiger partial charge >= 0.3 is 5.97 Å². The number of benzene rings is 1. The van der Waals surface area contributed by atoms with Gasteiger partial charge in [0.2, 0.25) is 0 Å². The van der Waals surface area contributed by atoms with Gasteiger partial charge in [-0.25, -0.2) is 4.79 Å². The Kier molecular flexibility index (Phi) is 3.97. The molecule has 2 aromatic rings. The predicted molar refractivity (Wildman–Crippen MR) is 110 cm³/mol. The lowest BCUT2D eigenvalue weighted by Gasteiger charge is -2.50. The largest absolute Gasteiger partial charge is 0.478 e. The number of carbonyl (C=O) groups is 1. The monoisotopic (exact) mass is 373 g/mol. The first-order valence-electron chi connectivity index (χ1n) is 10.5. The van der Waals surface area contributed by atoms with Crippen LogP contribution in [0.5, 0.6) is 0 Å². The molecule has 1 fully saturated rings. The van der Waals surface area contributed by atoms with E-state index in [4.69, 9.17) is 0 Å². The molecule has 0 saturated heterocycles. The summed E-state index contributed by atoms with van der Waals surface area (Å²) in [6.45, 7) is 4.57. The highest BCUT2D eigenvalue weighted by atomic mass is 16.4. The Labute approximate surface area is 166 Å². The zero-order chi connectivity index (χ0) is 19.5. The van der Waals surface area contributed by atoms with Gasteiger partial charge in [0.05, 0.1) is 5.56 Å². The first-order chi connectivity index (χ1) is 13.5. The molecular weight excluding hydrogens is 346 g/mol. The summed E-state index contributed by atoms with van der Waals surface area (Å²) < 4.78 is 0. The first-order valence-corrected chi connectivity index (χ1v) is 10.5. The first kappa shape index (κ1) is 17.7. The molecule has 5 rings (SSSR count). The standard InChI is InChI=1S/C25H27NO2/c1-15-12-18(24(27)28)13-16-5-6-19-20(23(15)16)9-10-25(2)21(7-8-22(19)25)17-4-3-11-26-14-17/h3-4,7,11-14,19-20,22H,5-6,8-10H2,1-2H3,(H,27,28)/t19-,20+,22+,25-/m1/s1. The Morgan fingerprint density at radius 1 is 1.29 bits per heavy atom. The maximum Gasteiger partial charge on any atom is 0.335 e. The quantitative estimate of drug-likeness (QED) is 0.741. The highest BCUT2D eigenvalue weighted by molar-refractivity contribution is 5.88. The summed E-state index contributed by atoms with van der Waals surface area (Å²) in [7, 11) is 0. The molecule has 3 heteroatoms. The van der Waals surface area contributed by atoms with Crippen LogP contribution >= 0.6 is 0 Å². The van der Waals surface area contributed by atoms with Crippen LogP contribution < -0.4 is 0 Å². The van der Waals surface area contributed by atoms with Crippen LogP contribution in [0.4, 0.5) is 0 Å². The van der Waals surface area contributed by atoms with E-state index >= 15 is 0 Å². The number of rotatable bonds is 2. The molecule has 3 aliphatic rings. The maximum atomic E-state index is 11.5. The van der Waals surface area contributed by atoms with Crippen LogP contribution in [0, 0.1) is 24.2 Å². The number of fused-ring (bicyclic) bond motifs is 5. The second-order valence-electron chi connectivity index (χ2n) is 9.14. The van der Waals surface area contributed by atoms with E-state index in [0.29, 0.717) is 23.3 Å². The number of hydrogen-bond donors (Lipinski definition) is 1. The molecule has 28 heavy (non-hydrogen) atoms. The topological polar surface area (TPSA) is 50.2 Å². The number of aromatic nitrogens is 1. The number of aryl methyl sites for hydroxylation is 2. The molecule has 1 heterocycles. The molecule has 1 N–H and O–H groups in total. The van der Waals surface area contributed by atoms with Crippen molar-refractivity contribution in [3.05, 3.63) is 70.6 Å². The van der Waals surface area contributed by atoms with Crippen molar-refractivity contribution < 1.29 is 9.90 Å². The molecule has 4 atom stereocenters. The molecular formula is C25H27NO2. The van der Waals surface area contributed by atoms with Gasteiger partial charge in [0.15, 0.2) is 0 Å².